The molecule has 0 N–H and O–H groups in total. The summed E-state index contributed by atoms with van der Waals surface area (Å²) in [4.78, 5) is 5.44. The molecular formula is C96H81BN2. The molecule has 0 bridgehead atoms. The zero-order chi connectivity index (χ0) is 67.7. The highest BCUT2D eigenvalue weighted by Crippen LogP contribution is 2.56. The Bertz CT molecular complexity index is 4850. The third-order valence-electron chi connectivity index (χ3n) is 20.6. The maximum Gasteiger partial charge on any atom is 0.252 e. The summed E-state index contributed by atoms with van der Waals surface area (Å²) < 4.78 is 0. The Kier molecular flexibility index (Phi) is 15.8. The van der Waals surface area contributed by atoms with Crippen LogP contribution in [-0.2, 0) is 16.2 Å². The maximum atomic E-state index is 2.72. The fourth-order valence-corrected chi connectivity index (χ4v) is 15.5. The number of para-hydroxylation sites is 2. The Labute approximate surface area is 586 Å². The van der Waals surface area contributed by atoms with Crippen molar-refractivity contribution in [1.29, 1.82) is 0 Å². The van der Waals surface area contributed by atoms with Gasteiger partial charge >= 0.3 is 0 Å². The average molecular weight is 1270 g/mol. The van der Waals surface area contributed by atoms with E-state index in [2.05, 4.69) is 400 Å². The van der Waals surface area contributed by atoms with E-state index in [1.54, 1.807) is 0 Å². The van der Waals surface area contributed by atoms with Crippen LogP contribution in [0.1, 0.15) is 79.0 Å². The first-order valence-electron chi connectivity index (χ1n) is 35.1. The summed E-state index contributed by atoms with van der Waals surface area (Å²) >= 11 is 0. The SMILES string of the molecule is CC(C)(C)c1ccc(-c2cc3c4c(c2)N(c2c(-c5ccccc5-c5ccccc5)cccc2-c2ccccc2-c2ccccc2)c2ccc(C(C)(C)C)cc2B4c2cc(C(C)(C)C)ccc2N3c2c(-c3ccccc3-c3ccccc3)cccc2-c2ccccc2-c2ccccc2)cc1. The van der Waals surface area contributed by atoms with Gasteiger partial charge in [-0.05, 0) is 151 Å². The van der Waals surface area contributed by atoms with Crippen molar-refractivity contribution in [3.63, 3.8) is 0 Å². The van der Waals surface area contributed by atoms with Gasteiger partial charge in [-0.1, -0.05) is 366 Å². The van der Waals surface area contributed by atoms with E-state index in [1.165, 1.54) is 77.6 Å². The Morgan fingerprint density at radius 2 is 0.465 bits per heavy atom. The number of hydrogen-bond donors (Lipinski definition) is 0. The predicted molar refractivity (Wildman–Crippen MR) is 425 cm³/mol. The minimum absolute atomic E-state index is 0.0508. The van der Waals surface area contributed by atoms with E-state index < -0.39 is 0 Å². The zero-order valence-electron chi connectivity index (χ0n) is 58.1. The molecular weight excluding hydrogens is 1190 g/mol. The lowest BCUT2D eigenvalue weighted by molar-refractivity contribution is 0.590. The number of nitrogens with zero attached hydrogens (tertiary/aromatic N) is 2. The summed E-state index contributed by atoms with van der Waals surface area (Å²) in [5.74, 6) is 0. The molecule has 0 radical (unpaired) electrons. The molecule has 0 aliphatic carbocycles. The predicted octanol–water partition coefficient (Wildman–Crippen LogP) is 24.7. The Morgan fingerprint density at radius 3 is 0.758 bits per heavy atom. The number of anilines is 6. The van der Waals surface area contributed by atoms with Crippen LogP contribution in [0.3, 0.4) is 0 Å². The molecule has 99 heavy (non-hydrogen) atoms. The normalized spacial score (nSPS) is 12.6. The van der Waals surface area contributed by atoms with Crippen LogP contribution in [0.4, 0.5) is 34.1 Å². The molecule has 16 rings (SSSR count). The van der Waals surface area contributed by atoms with Crippen molar-refractivity contribution < 1.29 is 0 Å². The average Bonchev–Trinajstić information content (AvgIpc) is 0.687. The summed E-state index contributed by atoms with van der Waals surface area (Å²) in [5.41, 5.74) is 34.9. The van der Waals surface area contributed by atoms with Crippen LogP contribution in [0.25, 0.3) is 100 Å². The molecule has 2 aliphatic heterocycles. The standard InChI is InChI=1S/C96H81BN2/c1-94(2,3)70-54-52-64(53-55-70)69-60-89-91-90(61-69)99(93-83(79-46-28-24-42-75(79)67-36-18-12-19-37-67)50-31-51-84(93)80-47-29-25-43-76(80)68-38-20-13-21-39-68)88-59-57-72(96(7,8)9)63-86(88)97(91)85-62-71(95(4,5)6)56-58-87(85)98(89)92-81(77-44-26-22-40-73(77)65-32-14-10-15-33-65)48-30-49-82(92)78-45-27-23-41-74(78)66-34-16-11-17-35-66/h10-63H,1-9H3. The van der Waals surface area contributed by atoms with Gasteiger partial charge in [0.15, 0.2) is 0 Å². The Morgan fingerprint density at radius 1 is 0.202 bits per heavy atom. The topological polar surface area (TPSA) is 6.48 Å². The third-order valence-corrected chi connectivity index (χ3v) is 20.6. The molecule has 478 valence electrons. The fraction of sp³-hybridized carbons (Fsp3) is 0.125. The lowest BCUT2D eigenvalue weighted by Crippen LogP contribution is -2.61. The molecule has 14 aromatic rings. The molecule has 2 nitrogen and oxygen atoms in total. The molecule has 3 heteroatoms. The van der Waals surface area contributed by atoms with Crippen molar-refractivity contribution in [3.8, 4) is 100 Å². The molecule has 14 aromatic carbocycles. The highest BCUT2D eigenvalue weighted by molar-refractivity contribution is 7.00. The summed E-state index contributed by atoms with van der Waals surface area (Å²) in [5, 5.41) is 0. The molecule has 2 aliphatic rings. The van der Waals surface area contributed by atoms with Crippen LogP contribution in [0.2, 0.25) is 0 Å². The molecule has 0 unspecified atom stereocenters. The van der Waals surface area contributed by atoms with Gasteiger partial charge < -0.3 is 9.80 Å². The highest BCUT2D eigenvalue weighted by atomic mass is 15.2. The molecule has 0 fully saturated rings. The van der Waals surface area contributed by atoms with Gasteiger partial charge in [0.1, 0.15) is 0 Å². The quantitative estimate of drug-likeness (QED) is 0.119. The zero-order valence-corrected chi connectivity index (χ0v) is 58.1. The minimum atomic E-state index is -0.206. The van der Waals surface area contributed by atoms with Crippen molar-refractivity contribution >= 4 is 57.2 Å². The number of benzene rings is 14. The van der Waals surface area contributed by atoms with Gasteiger partial charge in [0.05, 0.1) is 11.4 Å². The van der Waals surface area contributed by atoms with Gasteiger partial charge in [0, 0.05) is 45.0 Å². The smallest absolute Gasteiger partial charge is 0.252 e. The van der Waals surface area contributed by atoms with Crippen molar-refractivity contribution in [1.82, 2.24) is 0 Å². The van der Waals surface area contributed by atoms with Crippen LogP contribution >= 0.6 is 0 Å². The summed E-state index contributed by atoms with van der Waals surface area (Å²) in [6.45, 7) is 20.9. The van der Waals surface area contributed by atoms with E-state index in [1.807, 2.05) is 0 Å². The molecule has 0 saturated carbocycles. The van der Waals surface area contributed by atoms with Crippen molar-refractivity contribution in [3.05, 3.63) is 344 Å². The lowest BCUT2D eigenvalue weighted by atomic mass is 9.33. The van der Waals surface area contributed by atoms with Gasteiger partial charge in [-0.15, -0.1) is 0 Å². The van der Waals surface area contributed by atoms with E-state index in [0.29, 0.717) is 0 Å². The lowest BCUT2D eigenvalue weighted by Gasteiger charge is -2.46. The fourth-order valence-electron chi connectivity index (χ4n) is 15.5. The largest absolute Gasteiger partial charge is 0.310 e. The molecule has 0 aromatic heterocycles. The second-order valence-electron chi connectivity index (χ2n) is 30.0. The number of fused-ring (bicyclic) bond motifs is 4. The first-order valence-corrected chi connectivity index (χ1v) is 35.1. The van der Waals surface area contributed by atoms with E-state index in [4.69, 9.17) is 0 Å². The van der Waals surface area contributed by atoms with Gasteiger partial charge in [-0.3, -0.25) is 0 Å². The van der Waals surface area contributed by atoms with Crippen LogP contribution < -0.4 is 26.2 Å². The van der Waals surface area contributed by atoms with Crippen LogP contribution in [-0.4, -0.2) is 6.71 Å². The van der Waals surface area contributed by atoms with E-state index in [9.17, 15) is 0 Å². The molecule has 0 amide bonds. The van der Waals surface area contributed by atoms with Crippen LogP contribution in [0.15, 0.2) is 328 Å². The minimum Gasteiger partial charge on any atom is -0.310 e. The summed E-state index contributed by atoms with van der Waals surface area (Å²) in [6, 6.07) is 124. The van der Waals surface area contributed by atoms with Gasteiger partial charge in [0.25, 0.3) is 6.71 Å². The monoisotopic (exact) mass is 1270 g/mol. The van der Waals surface area contributed by atoms with Crippen molar-refractivity contribution in [2.45, 2.75) is 78.6 Å². The van der Waals surface area contributed by atoms with Crippen LogP contribution in [0, 0.1) is 0 Å². The molecule has 0 saturated heterocycles. The maximum absolute atomic E-state index is 2.72. The van der Waals surface area contributed by atoms with E-state index in [-0.39, 0.29) is 23.0 Å². The molecule has 0 spiro atoms. The van der Waals surface area contributed by atoms with Crippen molar-refractivity contribution in [2.75, 3.05) is 9.80 Å². The van der Waals surface area contributed by atoms with Gasteiger partial charge in [0.2, 0.25) is 0 Å². The van der Waals surface area contributed by atoms with Crippen molar-refractivity contribution in [2.24, 2.45) is 0 Å². The second-order valence-corrected chi connectivity index (χ2v) is 30.0. The first kappa shape index (κ1) is 62.5. The van der Waals surface area contributed by atoms with E-state index in [0.717, 1.165) is 89.8 Å². The third kappa shape index (κ3) is 11.3. The number of hydrogen-bond acceptors (Lipinski definition) is 2. The second kappa shape index (κ2) is 25.0. The molecule has 2 heterocycles. The summed E-state index contributed by atoms with van der Waals surface area (Å²) in [7, 11) is 0. The Balaban J connectivity index is 1.11. The van der Waals surface area contributed by atoms with E-state index >= 15 is 0 Å². The highest BCUT2D eigenvalue weighted by Gasteiger charge is 2.46. The summed E-state index contributed by atoms with van der Waals surface area (Å²) in [6.07, 6.45) is 0. The number of rotatable bonds is 11. The first-order chi connectivity index (χ1) is 48.1. The Hall–Kier alpha value is -11.3. The molecule has 0 atom stereocenters. The van der Waals surface area contributed by atoms with Gasteiger partial charge in [-0.25, -0.2) is 0 Å². The van der Waals surface area contributed by atoms with Crippen LogP contribution in [0.5, 0.6) is 0 Å². The van der Waals surface area contributed by atoms with Gasteiger partial charge in [-0.2, -0.15) is 0 Å².